The van der Waals surface area contributed by atoms with Gasteiger partial charge in [0.25, 0.3) is 0 Å². The Morgan fingerprint density at radius 1 is 0.750 bits per heavy atom. The highest BCUT2D eigenvalue weighted by molar-refractivity contribution is 5.99. The zero-order valence-corrected chi connectivity index (χ0v) is 18.2. The van der Waals surface area contributed by atoms with Gasteiger partial charge in [-0.1, -0.05) is 48.5 Å². The molecule has 1 fully saturated rings. The lowest BCUT2D eigenvalue weighted by molar-refractivity contribution is 0.201. The number of pyridine rings is 1. The first-order chi connectivity index (χ1) is 15.8. The monoisotopic (exact) mass is 424 g/mol. The van der Waals surface area contributed by atoms with Gasteiger partial charge in [0.05, 0.1) is 5.69 Å². The average Bonchev–Trinajstić information content (AvgIpc) is 2.85. The van der Waals surface area contributed by atoms with Crippen LogP contribution in [0.1, 0.15) is 0 Å². The number of benzene rings is 3. The van der Waals surface area contributed by atoms with Crippen molar-refractivity contribution in [2.24, 2.45) is 0 Å². The van der Waals surface area contributed by atoms with Crippen LogP contribution >= 0.6 is 0 Å². The number of hydrogen-bond acceptors (Lipinski definition) is 5. The van der Waals surface area contributed by atoms with Crippen molar-refractivity contribution >= 4 is 22.3 Å². The standard InChI is InChI=1S/C27H28N4O/c28-27-12-6-11-25(29-27)23-13-14-26(24-10-5-4-9-22(23)24)32-20-19-30-15-17-31(18-16-30)21-7-2-1-3-8-21/h1-14H,15-20H2,(H2,28,29). The molecule has 0 unspecified atom stereocenters. The van der Waals surface area contributed by atoms with Crippen LogP contribution in [-0.2, 0) is 0 Å². The molecule has 0 saturated carbocycles. The summed E-state index contributed by atoms with van der Waals surface area (Å²) in [4.78, 5) is 9.43. The summed E-state index contributed by atoms with van der Waals surface area (Å²) >= 11 is 0. The van der Waals surface area contributed by atoms with E-state index in [0.717, 1.165) is 60.5 Å². The number of nitrogens with two attached hydrogens (primary N) is 1. The second-order valence-corrected chi connectivity index (χ2v) is 8.12. The van der Waals surface area contributed by atoms with Gasteiger partial charge < -0.3 is 15.4 Å². The third-order valence-electron chi connectivity index (χ3n) is 6.09. The molecule has 32 heavy (non-hydrogen) atoms. The van der Waals surface area contributed by atoms with E-state index in [1.807, 2.05) is 24.3 Å². The van der Waals surface area contributed by atoms with Gasteiger partial charge >= 0.3 is 0 Å². The Kier molecular flexibility index (Phi) is 5.90. The Bertz CT molecular complexity index is 1190. The fraction of sp³-hybridized carbons (Fsp3) is 0.222. The number of piperazine rings is 1. The first-order valence-electron chi connectivity index (χ1n) is 11.2. The van der Waals surface area contributed by atoms with Crippen LogP contribution in [0.4, 0.5) is 11.5 Å². The van der Waals surface area contributed by atoms with Crippen LogP contribution in [0.25, 0.3) is 22.0 Å². The quantitative estimate of drug-likeness (QED) is 0.487. The molecule has 1 aliphatic heterocycles. The number of rotatable bonds is 6. The normalized spacial score (nSPS) is 14.6. The number of nitrogens with zero attached hydrogens (tertiary/aromatic N) is 3. The Morgan fingerprint density at radius 3 is 2.28 bits per heavy atom. The molecule has 4 aromatic rings. The lowest BCUT2D eigenvalue weighted by atomic mass is 10.0. The van der Waals surface area contributed by atoms with Crippen LogP contribution in [-0.4, -0.2) is 49.2 Å². The number of nitrogen functional groups attached to an aromatic ring is 1. The summed E-state index contributed by atoms with van der Waals surface area (Å²) in [6.45, 7) is 5.81. The van der Waals surface area contributed by atoms with Gasteiger partial charge in [-0.15, -0.1) is 0 Å². The van der Waals surface area contributed by atoms with Crippen molar-refractivity contribution in [3.63, 3.8) is 0 Å². The van der Waals surface area contributed by atoms with E-state index in [1.165, 1.54) is 5.69 Å². The molecule has 1 saturated heterocycles. The maximum atomic E-state index is 6.25. The van der Waals surface area contributed by atoms with E-state index in [9.17, 15) is 0 Å². The van der Waals surface area contributed by atoms with Gasteiger partial charge in [-0.25, -0.2) is 4.98 Å². The van der Waals surface area contributed by atoms with Crippen molar-refractivity contribution in [2.75, 3.05) is 50.0 Å². The number of hydrogen-bond donors (Lipinski definition) is 1. The Hall–Kier alpha value is -3.57. The zero-order chi connectivity index (χ0) is 21.8. The Morgan fingerprint density at radius 2 is 1.50 bits per heavy atom. The minimum Gasteiger partial charge on any atom is -0.492 e. The molecule has 162 valence electrons. The second kappa shape index (κ2) is 9.28. The number of ether oxygens (including phenoxy) is 1. The molecule has 5 rings (SSSR count). The van der Waals surface area contributed by atoms with E-state index in [2.05, 4.69) is 75.4 Å². The van der Waals surface area contributed by atoms with E-state index in [0.29, 0.717) is 12.4 Å². The summed E-state index contributed by atoms with van der Waals surface area (Å²) < 4.78 is 6.25. The summed E-state index contributed by atoms with van der Waals surface area (Å²) in [5.74, 6) is 1.44. The highest BCUT2D eigenvalue weighted by Crippen LogP contribution is 2.34. The first-order valence-corrected chi connectivity index (χ1v) is 11.2. The number of aromatic nitrogens is 1. The second-order valence-electron chi connectivity index (χ2n) is 8.12. The molecule has 1 aromatic heterocycles. The van der Waals surface area contributed by atoms with Crippen molar-refractivity contribution < 1.29 is 4.74 Å². The predicted octanol–water partition coefficient (Wildman–Crippen LogP) is 4.69. The zero-order valence-electron chi connectivity index (χ0n) is 18.2. The van der Waals surface area contributed by atoms with Crippen LogP contribution in [0.2, 0.25) is 0 Å². The van der Waals surface area contributed by atoms with Gasteiger partial charge in [0.1, 0.15) is 18.2 Å². The van der Waals surface area contributed by atoms with Crippen LogP contribution in [0.3, 0.4) is 0 Å². The highest BCUT2D eigenvalue weighted by atomic mass is 16.5. The van der Waals surface area contributed by atoms with Crippen LogP contribution < -0.4 is 15.4 Å². The molecule has 5 heteroatoms. The van der Waals surface area contributed by atoms with Crippen molar-refractivity contribution in [3.8, 4) is 17.0 Å². The maximum absolute atomic E-state index is 6.25. The van der Waals surface area contributed by atoms with Gasteiger partial charge in [-0.2, -0.15) is 0 Å². The van der Waals surface area contributed by atoms with Gasteiger partial charge in [0.15, 0.2) is 0 Å². The smallest absolute Gasteiger partial charge is 0.127 e. The first kappa shape index (κ1) is 20.3. The number of fused-ring (bicyclic) bond motifs is 1. The summed E-state index contributed by atoms with van der Waals surface area (Å²) in [5, 5.41) is 2.22. The third-order valence-corrected chi connectivity index (χ3v) is 6.09. The number of para-hydroxylation sites is 1. The number of anilines is 2. The molecule has 0 bridgehead atoms. The van der Waals surface area contributed by atoms with Gasteiger partial charge in [-0.05, 0) is 41.8 Å². The van der Waals surface area contributed by atoms with Crippen LogP contribution in [0, 0.1) is 0 Å². The molecule has 0 radical (unpaired) electrons. The molecule has 0 aliphatic carbocycles. The van der Waals surface area contributed by atoms with Crippen molar-refractivity contribution in [1.82, 2.24) is 9.88 Å². The van der Waals surface area contributed by atoms with Gasteiger partial charge in [0, 0.05) is 49.4 Å². The van der Waals surface area contributed by atoms with Crippen molar-refractivity contribution in [1.29, 1.82) is 0 Å². The fourth-order valence-electron chi connectivity index (χ4n) is 4.38. The lowest BCUT2D eigenvalue weighted by Gasteiger charge is -2.36. The Labute approximate surface area is 189 Å². The SMILES string of the molecule is Nc1cccc(-c2ccc(OCCN3CCN(c4ccccc4)CC3)c3ccccc23)n1. The minimum atomic E-state index is 0.527. The molecule has 0 amide bonds. The summed E-state index contributed by atoms with van der Waals surface area (Å²) in [5.41, 5.74) is 9.16. The summed E-state index contributed by atoms with van der Waals surface area (Å²) in [6.07, 6.45) is 0. The average molecular weight is 425 g/mol. The molecule has 2 N–H and O–H groups in total. The van der Waals surface area contributed by atoms with Crippen molar-refractivity contribution in [3.05, 3.63) is 84.9 Å². The molecule has 3 aromatic carbocycles. The van der Waals surface area contributed by atoms with Crippen molar-refractivity contribution in [2.45, 2.75) is 0 Å². The van der Waals surface area contributed by atoms with Gasteiger partial charge in [0.2, 0.25) is 0 Å². The van der Waals surface area contributed by atoms with E-state index in [4.69, 9.17) is 10.5 Å². The summed E-state index contributed by atoms with van der Waals surface area (Å²) in [7, 11) is 0. The van der Waals surface area contributed by atoms with Gasteiger partial charge in [-0.3, -0.25) is 4.90 Å². The minimum absolute atomic E-state index is 0.527. The molecule has 0 atom stereocenters. The van der Waals surface area contributed by atoms with E-state index >= 15 is 0 Å². The van der Waals surface area contributed by atoms with E-state index < -0.39 is 0 Å². The molecular formula is C27H28N4O. The highest BCUT2D eigenvalue weighted by Gasteiger charge is 2.17. The topological polar surface area (TPSA) is 54.6 Å². The molecule has 1 aliphatic rings. The molecule has 5 nitrogen and oxygen atoms in total. The fourth-order valence-corrected chi connectivity index (χ4v) is 4.38. The predicted molar refractivity (Wildman–Crippen MR) is 132 cm³/mol. The third kappa shape index (κ3) is 4.39. The largest absolute Gasteiger partial charge is 0.492 e. The maximum Gasteiger partial charge on any atom is 0.127 e. The molecule has 0 spiro atoms. The Balaban J connectivity index is 1.23. The lowest BCUT2D eigenvalue weighted by Crippen LogP contribution is -2.47. The van der Waals surface area contributed by atoms with E-state index in [-0.39, 0.29) is 0 Å². The van der Waals surface area contributed by atoms with Crippen LogP contribution in [0.5, 0.6) is 5.75 Å². The summed E-state index contributed by atoms with van der Waals surface area (Å²) in [6, 6.07) is 28.9. The molecule has 2 heterocycles. The van der Waals surface area contributed by atoms with E-state index in [1.54, 1.807) is 0 Å². The molecular weight excluding hydrogens is 396 g/mol. The van der Waals surface area contributed by atoms with Crippen LogP contribution in [0.15, 0.2) is 84.9 Å².